The Bertz CT molecular complexity index is 2170. The number of rotatable bonds is 12. The number of benzene rings is 6. The summed E-state index contributed by atoms with van der Waals surface area (Å²) in [6.45, 7) is 3.66. The number of amides is 4. The summed E-state index contributed by atoms with van der Waals surface area (Å²) < 4.78 is 0. The Balaban J connectivity index is 0.791. The number of hydrogen-bond acceptors (Lipinski definition) is 6. The van der Waals surface area contributed by atoms with E-state index in [2.05, 4.69) is 10.6 Å². The predicted molar refractivity (Wildman–Crippen MR) is 193 cm³/mol. The molecule has 6 aromatic carbocycles. The predicted octanol–water partition coefficient (Wildman–Crippen LogP) is 6.54. The third-order valence-electron chi connectivity index (χ3n) is 9.82. The molecule has 4 amide bonds. The number of hydrogen-bond donors (Lipinski definition) is 2. The minimum Gasteiger partial charge on any atom is -0.317 e. The average molecular weight is 649 g/mol. The van der Waals surface area contributed by atoms with Gasteiger partial charge in [-0.1, -0.05) is 72.8 Å². The summed E-state index contributed by atoms with van der Waals surface area (Å²) >= 11 is 0. The van der Waals surface area contributed by atoms with Crippen molar-refractivity contribution < 1.29 is 19.2 Å². The van der Waals surface area contributed by atoms with Crippen LogP contribution in [-0.2, 0) is 0 Å². The Labute approximate surface area is 283 Å². The van der Waals surface area contributed by atoms with Gasteiger partial charge in [0.25, 0.3) is 23.6 Å². The molecule has 0 saturated carbocycles. The van der Waals surface area contributed by atoms with Crippen LogP contribution in [0.3, 0.4) is 0 Å². The first kappa shape index (κ1) is 30.9. The molecule has 0 atom stereocenters. The quantitative estimate of drug-likeness (QED) is 0.0889. The van der Waals surface area contributed by atoms with E-state index in [4.69, 9.17) is 0 Å². The Morgan fingerprint density at radius 2 is 0.837 bits per heavy atom. The molecule has 8 heteroatoms. The van der Waals surface area contributed by atoms with E-state index in [0.29, 0.717) is 61.3 Å². The van der Waals surface area contributed by atoms with Crippen molar-refractivity contribution in [3.8, 4) is 0 Å². The molecule has 0 unspecified atom stereocenters. The zero-order valence-electron chi connectivity index (χ0n) is 27.1. The van der Waals surface area contributed by atoms with Crippen molar-refractivity contribution in [1.29, 1.82) is 0 Å². The van der Waals surface area contributed by atoms with Gasteiger partial charge >= 0.3 is 0 Å². The number of fused-ring (bicyclic) bond motifs is 4. The van der Waals surface area contributed by atoms with Gasteiger partial charge in [-0.05, 0) is 102 Å². The third kappa shape index (κ3) is 5.33. The minimum atomic E-state index is -0.231. The maximum Gasteiger partial charge on any atom is 0.262 e. The lowest BCUT2D eigenvalue weighted by atomic mass is 9.89. The smallest absolute Gasteiger partial charge is 0.262 e. The molecule has 0 radical (unpaired) electrons. The average Bonchev–Trinajstić information content (AvgIpc) is 3.12. The zero-order chi connectivity index (χ0) is 33.5. The molecule has 0 aromatic heterocycles. The molecule has 0 fully saturated rings. The first-order valence-electron chi connectivity index (χ1n) is 17.1. The van der Waals surface area contributed by atoms with Gasteiger partial charge in [0.15, 0.2) is 0 Å². The Hall–Kier alpha value is -5.44. The summed E-state index contributed by atoms with van der Waals surface area (Å²) in [6.07, 6.45) is 2.21. The first-order chi connectivity index (χ1) is 24.0. The molecule has 244 valence electrons. The van der Waals surface area contributed by atoms with E-state index < -0.39 is 0 Å². The van der Waals surface area contributed by atoms with Crippen LogP contribution in [0.1, 0.15) is 60.7 Å². The Morgan fingerprint density at radius 3 is 1.31 bits per heavy atom. The van der Waals surface area contributed by atoms with Gasteiger partial charge in [-0.15, -0.1) is 0 Å². The number of carbonyl (C=O) groups is 4. The first-order valence-corrected chi connectivity index (χ1v) is 17.1. The van der Waals surface area contributed by atoms with E-state index in [1.807, 2.05) is 97.1 Å². The van der Waals surface area contributed by atoms with Crippen molar-refractivity contribution in [2.24, 2.45) is 0 Å². The summed E-state index contributed by atoms with van der Waals surface area (Å²) in [5.74, 6) is -0.912. The summed E-state index contributed by atoms with van der Waals surface area (Å²) in [5, 5.41) is 13.9. The van der Waals surface area contributed by atoms with Crippen LogP contribution < -0.4 is 10.6 Å². The van der Waals surface area contributed by atoms with Crippen LogP contribution in [0.2, 0.25) is 0 Å². The molecule has 0 aliphatic carbocycles. The third-order valence-corrected chi connectivity index (χ3v) is 9.82. The molecule has 2 aliphatic rings. The fourth-order valence-electron chi connectivity index (χ4n) is 7.51. The summed E-state index contributed by atoms with van der Waals surface area (Å²) in [5.41, 5.74) is 2.40. The minimum absolute atomic E-state index is 0.225. The summed E-state index contributed by atoms with van der Waals surface area (Å²) in [7, 11) is 0. The molecule has 0 spiro atoms. The molecule has 2 aliphatic heterocycles. The summed E-state index contributed by atoms with van der Waals surface area (Å²) in [4.78, 5) is 56.8. The van der Waals surface area contributed by atoms with Crippen LogP contribution in [0, 0.1) is 0 Å². The van der Waals surface area contributed by atoms with Crippen molar-refractivity contribution in [2.45, 2.75) is 19.3 Å². The second kappa shape index (κ2) is 12.9. The Morgan fingerprint density at radius 1 is 0.429 bits per heavy atom. The highest BCUT2D eigenvalue weighted by molar-refractivity contribution is 6.31. The van der Waals surface area contributed by atoms with E-state index in [9.17, 15) is 19.2 Å². The molecular weight excluding hydrogens is 612 g/mol. The fourth-order valence-corrected chi connectivity index (χ4v) is 7.51. The maximum atomic E-state index is 13.6. The standard InChI is InChI=1S/C41H36N4O4/c46-38-32-16-5-12-28-24-26-10-1-3-14-30(26)36(34(28)32)40(48)44(38)22-8-20-42-18-7-19-43-21-9-23-45-39(47)33-17-6-13-29-25-27-11-2-4-15-31(27)37(35(29)33)41(45)49/h1-6,10-17,24-25,42-43H,7-9,18-23H2. The van der Waals surface area contributed by atoms with Gasteiger partial charge in [0.05, 0.1) is 11.1 Å². The van der Waals surface area contributed by atoms with E-state index in [-0.39, 0.29) is 23.6 Å². The van der Waals surface area contributed by atoms with Gasteiger partial charge in [-0.2, -0.15) is 0 Å². The van der Waals surface area contributed by atoms with Crippen LogP contribution in [0.5, 0.6) is 0 Å². The topological polar surface area (TPSA) is 98.8 Å². The van der Waals surface area contributed by atoms with E-state index in [1.54, 1.807) is 0 Å². The van der Waals surface area contributed by atoms with Gasteiger partial charge in [-0.25, -0.2) is 0 Å². The molecule has 8 rings (SSSR count). The fraction of sp³-hybridized carbons (Fsp3) is 0.220. The lowest BCUT2D eigenvalue weighted by Gasteiger charge is -2.28. The van der Waals surface area contributed by atoms with Crippen LogP contribution in [0.15, 0.2) is 97.1 Å². The lowest BCUT2D eigenvalue weighted by molar-refractivity contribution is 0.0595. The van der Waals surface area contributed by atoms with Gasteiger partial charge in [-0.3, -0.25) is 29.0 Å². The van der Waals surface area contributed by atoms with Crippen molar-refractivity contribution in [3.05, 3.63) is 119 Å². The zero-order valence-corrected chi connectivity index (χ0v) is 27.1. The molecular formula is C41H36N4O4. The number of carbonyl (C=O) groups excluding carboxylic acids is 4. The molecule has 8 nitrogen and oxygen atoms in total. The summed E-state index contributed by atoms with van der Waals surface area (Å²) in [6, 6.07) is 31.1. The van der Waals surface area contributed by atoms with Crippen LogP contribution >= 0.6 is 0 Å². The molecule has 49 heavy (non-hydrogen) atoms. The second-order valence-electron chi connectivity index (χ2n) is 12.8. The van der Waals surface area contributed by atoms with Crippen molar-refractivity contribution in [1.82, 2.24) is 20.4 Å². The van der Waals surface area contributed by atoms with Crippen molar-refractivity contribution in [3.63, 3.8) is 0 Å². The molecule has 6 aromatic rings. The van der Waals surface area contributed by atoms with Gasteiger partial charge in [0.1, 0.15) is 0 Å². The van der Waals surface area contributed by atoms with Crippen molar-refractivity contribution in [2.75, 3.05) is 39.3 Å². The van der Waals surface area contributed by atoms with Gasteiger partial charge in [0.2, 0.25) is 0 Å². The molecule has 2 heterocycles. The van der Waals surface area contributed by atoms with Crippen LogP contribution in [-0.4, -0.2) is 72.7 Å². The molecule has 0 bridgehead atoms. The van der Waals surface area contributed by atoms with Crippen molar-refractivity contribution >= 4 is 66.7 Å². The highest BCUT2D eigenvalue weighted by Gasteiger charge is 2.35. The monoisotopic (exact) mass is 648 g/mol. The second-order valence-corrected chi connectivity index (χ2v) is 12.8. The highest BCUT2D eigenvalue weighted by atomic mass is 16.2. The van der Waals surface area contributed by atoms with E-state index in [0.717, 1.165) is 62.6 Å². The van der Waals surface area contributed by atoms with Crippen LogP contribution in [0.25, 0.3) is 43.1 Å². The highest BCUT2D eigenvalue weighted by Crippen LogP contribution is 2.37. The van der Waals surface area contributed by atoms with E-state index in [1.165, 1.54) is 9.80 Å². The van der Waals surface area contributed by atoms with E-state index >= 15 is 0 Å². The Kier molecular flexibility index (Phi) is 8.11. The normalized spacial score (nSPS) is 14.3. The lowest BCUT2D eigenvalue weighted by Crippen LogP contribution is -2.42. The SMILES string of the molecule is O=C1c2cccc3cc4ccccc4c(c23)C(=O)N1CCCNCCCNCCCN1C(=O)c2cccc3cc4ccccc4c(c23)C1=O. The van der Waals surface area contributed by atoms with Gasteiger partial charge < -0.3 is 10.6 Å². The number of nitrogens with one attached hydrogen (secondary N) is 2. The number of imide groups is 2. The number of nitrogens with zero attached hydrogens (tertiary/aromatic N) is 2. The molecule has 0 saturated heterocycles. The van der Waals surface area contributed by atoms with Gasteiger partial charge in [0, 0.05) is 35.0 Å². The van der Waals surface area contributed by atoms with Crippen LogP contribution in [0.4, 0.5) is 0 Å². The largest absolute Gasteiger partial charge is 0.317 e. The maximum absolute atomic E-state index is 13.6. The molecule has 2 N–H and O–H groups in total.